The van der Waals surface area contributed by atoms with Crippen LogP contribution >= 0.6 is 0 Å². The van der Waals surface area contributed by atoms with Crippen LogP contribution in [-0.4, -0.2) is 19.9 Å². The number of pyridine rings is 4. The maximum Gasteiger partial charge on any atom is 0.0893 e. The van der Waals surface area contributed by atoms with Crippen molar-refractivity contribution in [2.24, 2.45) is 0 Å². The summed E-state index contributed by atoms with van der Waals surface area (Å²) in [6, 6.07) is 49.7. The molecule has 7 aromatic rings. The highest BCUT2D eigenvalue weighted by atomic mass is 14.8. The number of hydrogen-bond acceptors (Lipinski definition) is 4. The Morgan fingerprint density at radius 3 is 1.02 bits per heavy atom. The van der Waals surface area contributed by atoms with Gasteiger partial charge in [0, 0.05) is 23.5 Å². The van der Waals surface area contributed by atoms with Crippen molar-refractivity contribution in [1.29, 1.82) is 0 Å². The lowest BCUT2D eigenvalue weighted by atomic mass is 9.93. The van der Waals surface area contributed by atoms with Crippen LogP contribution in [0.25, 0.3) is 67.5 Å². The topological polar surface area (TPSA) is 51.6 Å². The van der Waals surface area contributed by atoms with Gasteiger partial charge in [0.15, 0.2) is 0 Å². The molecule has 0 fully saturated rings. The fraction of sp³-hybridized carbons (Fsp3) is 0. The minimum Gasteiger partial charge on any atom is -0.255 e. The predicted molar refractivity (Wildman–Crippen MR) is 170 cm³/mol. The first kappa shape index (κ1) is 25.2. The highest BCUT2D eigenvalue weighted by Crippen LogP contribution is 2.34. The zero-order valence-electron chi connectivity index (χ0n) is 22.8. The molecule has 4 heteroatoms. The fourth-order valence-electron chi connectivity index (χ4n) is 5.13. The zero-order valence-corrected chi connectivity index (χ0v) is 22.8. The van der Waals surface area contributed by atoms with Gasteiger partial charge in [0.1, 0.15) is 0 Å². The largest absolute Gasteiger partial charge is 0.255 e. The molecule has 0 atom stereocenters. The van der Waals surface area contributed by atoms with Crippen LogP contribution in [0.15, 0.2) is 158 Å². The summed E-state index contributed by atoms with van der Waals surface area (Å²) in [4.78, 5) is 18.6. The van der Waals surface area contributed by atoms with Gasteiger partial charge in [0.2, 0.25) is 0 Å². The summed E-state index contributed by atoms with van der Waals surface area (Å²) in [7, 11) is 0. The highest BCUT2D eigenvalue weighted by molar-refractivity contribution is 5.85. The third-order valence-corrected chi connectivity index (χ3v) is 7.26. The Morgan fingerprint density at radius 2 is 0.619 bits per heavy atom. The lowest BCUT2D eigenvalue weighted by molar-refractivity contribution is 1.25. The van der Waals surface area contributed by atoms with Crippen molar-refractivity contribution in [2.45, 2.75) is 0 Å². The van der Waals surface area contributed by atoms with E-state index in [9.17, 15) is 0 Å². The first-order chi connectivity index (χ1) is 20.8. The molecule has 4 aromatic heterocycles. The summed E-state index contributed by atoms with van der Waals surface area (Å²) in [5.74, 6) is 0. The van der Waals surface area contributed by atoms with Crippen LogP contribution in [0.2, 0.25) is 0 Å². The van der Waals surface area contributed by atoms with E-state index in [4.69, 9.17) is 9.97 Å². The first-order valence-corrected chi connectivity index (χ1v) is 13.9. The monoisotopic (exact) mass is 538 g/mol. The molecular weight excluding hydrogens is 512 g/mol. The Balaban J connectivity index is 1.16. The lowest BCUT2D eigenvalue weighted by Gasteiger charge is -2.12. The van der Waals surface area contributed by atoms with Crippen molar-refractivity contribution in [2.75, 3.05) is 0 Å². The second-order valence-electron chi connectivity index (χ2n) is 9.95. The predicted octanol–water partition coefficient (Wildman–Crippen LogP) is 9.27. The number of benzene rings is 3. The van der Waals surface area contributed by atoms with Crippen molar-refractivity contribution in [3.05, 3.63) is 158 Å². The quantitative estimate of drug-likeness (QED) is 0.212. The Kier molecular flexibility index (Phi) is 6.85. The molecular formula is C38H26N4. The van der Waals surface area contributed by atoms with Gasteiger partial charge in [-0.05, 0) is 70.8 Å². The van der Waals surface area contributed by atoms with Gasteiger partial charge in [-0.25, -0.2) is 9.97 Å². The zero-order chi connectivity index (χ0) is 28.1. The molecule has 0 spiro atoms. The van der Waals surface area contributed by atoms with Gasteiger partial charge in [-0.15, -0.1) is 0 Å². The molecule has 4 heterocycles. The van der Waals surface area contributed by atoms with Crippen molar-refractivity contribution in [3.8, 4) is 67.5 Å². The summed E-state index contributed by atoms with van der Waals surface area (Å²) < 4.78 is 0. The number of aromatic nitrogens is 4. The molecule has 198 valence electrons. The molecule has 0 aliphatic heterocycles. The first-order valence-electron chi connectivity index (χ1n) is 13.9. The molecule has 0 saturated carbocycles. The SMILES string of the molecule is c1ccc(-c2cccc(-c3ccc(-c4ccccc4-c4ccc(-c5cccc(-c6ccccn6)n5)cc4)cc3)n2)nc1. The van der Waals surface area contributed by atoms with E-state index in [0.717, 1.165) is 56.4 Å². The van der Waals surface area contributed by atoms with E-state index in [1.165, 1.54) is 11.1 Å². The third kappa shape index (κ3) is 5.21. The van der Waals surface area contributed by atoms with E-state index in [1.54, 1.807) is 12.4 Å². The smallest absolute Gasteiger partial charge is 0.0893 e. The number of hydrogen-bond donors (Lipinski definition) is 0. The summed E-state index contributed by atoms with van der Waals surface area (Å²) in [5, 5.41) is 0. The van der Waals surface area contributed by atoms with Crippen LogP contribution in [-0.2, 0) is 0 Å². The maximum absolute atomic E-state index is 4.87. The average Bonchev–Trinajstić information content (AvgIpc) is 3.09. The minimum atomic E-state index is 0.865. The van der Waals surface area contributed by atoms with Crippen LogP contribution in [0.3, 0.4) is 0 Å². The van der Waals surface area contributed by atoms with E-state index in [1.807, 2.05) is 72.8 Å². The van der Waals surface area contributed by atoms with Crippen molar-refractivity contribution in [3.63, 3.8) is 0 Å². The molecule has 0 radical (unpaired) electrons. The van der Waals surface area contributed by atoms with E-state index >= 15 is 0 Å². The fourth-order valence-corrected chi connectivity index (χ4v) is 5.13. The summed E-state index contributed by atoms with van der Waals surface area (Å²) >= 11 is 0. The molecule has 42 heavy (non-hydrogen) atoms. The molecule has 0 amide bonds. The van der Waals surface area contributed by atoms with Gasteiger partial charge in [-0.2, -0.15) is 0 Å². The van der Waals surface area contributed by atoms with Crippen molar-refractivity contribution in [1.82, 2.24) is 19.9 Å². The lowest BCUT2D eigenvalue weighted by Crippen LogP contribution is -1.91. The van der Waals surface area contributed by atoms with E-state index in [-0.39, 0.29) is 0 Å². The molecule has 0 bridgehead atoms. The summed E-state index contributed by atoms with van der Waals surface area (Å²) in [6.45, 7) is 0. The summed E-state index contributed by atoms with van der Waals surface area (Å²) in [5.41, 5.74) is 12.1. The summed E-state index contributed by atoms with van der Waals surface area (Å²) in [6.07, 6.45) is 3.59. The standard InChI is InChI=1S/C38H26N4/c1-2-10-32(28-19-23-30(24-20-28)34-14-8-16-38(42-34)36-12-4-6-26-40-36)31(9-1)27-17-21-29(22-18-27)33-13-7-15-37(41-33)35-11-3-5-25-39-35/h1-26H. The Hall–Kier alpha value is -5.74. The van der Waals surface area contributed by atoms with Crippen LogP contribution in [0.1, 0.15) is 0 Å². The molecule has 3 aromatic carbocycles. The third-order valence-electron chi connectivity index (χ3n) is 7.26. The normalized spacial score (nSPS) is 10.9. The van der Waals surface area contributed by atoms with Crippen LogP contribution in [0, 0.1) is 0 Å². The van der Waals surface area contributed by atoms with Gasteiger partial charge in [-0.1, -0.05) is 97.1 Å². The highest BCUT2D eigenvalue weighted by Gasteiger charge is 2.10. The second kappa shape index (κ2) is 11.4. The van der Waals surface area contributed by atoms with Crippen LogP contribution < -0.4 is 0 Å². The van der Waals surface area contributed by atoms with E-state index < -0.39 is 0 Å². The molecule has 0 saturated heterocycles. The minimum absolute atomic E-state index is 0.865. The van der Waals surface area contributed by atoms with Gasteiger partial charge >= 0.3 is 0 Å². The molecule has 7 rings (SSSR count). The van der Waals surface area contributed by atoms with Crippen LogP contribution in [0.4, 0.5) is 0 Å². The maximum atomic E-state index is 4.87. The Bertz CT molecular complexity index is 1800. The molecule has 0 aliphatic rings. The van der Waals surface area contributed by atoms with E-state index in [0.29, 0.717) is 0 Å². The van der Waals surface area contributed by atoms with Crippen molar-refractivity contribution >= 4 is 0 Å². The second-order valence-corrected chi connectivity index (χ2v) is 9.95. The number of rotatable bonds is 6. The average molecular weight is 539 g/mol. The molecule has 0 aliphatic carbocycles. The van der Waals surface area contributed by atoms with Gasteiger partial charge in [0.25, 0.3) is 0 Å². The van der Waals surface area contributed by atoms with Crippen LogP contribution in [0.5, 0.6) is 0 Å². The van der Waals surface area contributed by atoms with Gasteiger partial charge in [0.05, 0.1) is 34.2 Å². The number of nitrogens with zero attached hydrogens (tertiary/aromatic N) is 4. The van der Waals surface area contributed by atoms with E-state index in [2.05, 4.69) is 82.8 Å². The Morgan fingerprint density at radius 1 is 0.262 bits per heavy atom. The van der Waals surface area contributed by atoms with Gasteiger partial charge < -0.3 is 0 Å². The molecule has 0 unspecified atom stereocenters. The molecule has 4 nitrogen and oxygen atoms in total. The Labute approximate surface area is 245 Å². The molecule has 0 N–H and O–H groups in total. The van der Waals surface area contributed by atoms with Gasteiger partial charge in [-0.3, -0.25) is 9.97 Å². The van der Waals surface area contributed by atoms with Crippen molar-refractivity contribution < 1.29 is 0 Å².